The van der Waals surface area contributed by atoms with E-state index in [0.717, 1.165) is 12.1 Å². The van der Waals surface area contributed by atoms with Gasteiger partial charge in [0, 0.05) is 19.2 Å². The van der Waals surface area contributed by atoms with Crippen molar-refractivity contribution >= 4 is 10.0 Å². The number of hydrogen-bond acceptors (Lipinski definition) is 5. The first-order valence-electron chi connectivity index (χ1n) is 8.34. The van der Waals surface area contributed by atoms with Crippen LogP contribution in [0.5, 0.6) is 11.5 Å². The van der Waals surface area contributed by atoms with Crippen LogP contribution in [0.2, 0.25) is 0 Å². The zero-order valence-electron chi connectivity index (χ0n) is 15.6. The van der Waals surface area contributed by atoms with Gasteiger partial charge >= 0.3 is 12.4 Å². The normalized spacial score (nSPS) is 13.0. The second-order valence-corrected chi connectivity index (χ2v) is 7.82. The van der Waals surface area contributed by atoms with Crippen LogP contribution in [0.25, 0.3) is 0 Å². The number of sulfonamides is 1. The van der Waals surface area contributed by atoms with E-state index in [-0.39, 0.29) is 25.7 Å². The number of nitrogens with one attached hydrogen (secondary N) is 1. The maximum absolute atomic E-state index is 12.4. The van der Waals surface area contributed by atoms with Crippen molar-refractivity contribution in [3.05, 3.63) is 18.2 Å². The molecular formula is C16H21F6NO5S. The lowest BCUT2D eigenvalue weighted by Gasteiger charge is -2.16. The van der Waals surface area contributed by atoms with Gasteiger partial charge in [-0.25, -0.2) is 13.1 Å². The van der Waals surface area contributed by atoms with E-state index in [0.29, 0.717) is 6.07 Å². The number of alkyl halides is 6. The monoisotopic (exact) mass is 453 g/mol. The molecule has 0 aromatic heterocycles. The molecule has 0 aliphatic carbocycles. The number of halogens is 6. The van der Waals surface area contributed by atoms with Gasteiger partial charge in [0.1, 0.15) is 16.4 Å². The van der Waals surface area contributed by atoms with Crippen molar-refractivity contribution in [2.75, 3.05) is 26.4 Å². The first-order chi connectivity index (χ1) is 13.2. The summed E-state index contributed by atoms with van der Waals surface area (Å²) in [7, 11) is -4.39. The summed E-state index contributed by atoms with van der Waals surface area (Å²) >= 11 is 0. The Labute approximate surface area is 164 Å². The largest absolute Gasteiger partial charge is 0.484 e. The second kappa shape index (κ2) is 10.3. The molecular weight excluding hydrogens is 432 g/mol. The van der Waals surface area contributed by atoms with E-state index in [1.165, 1.54) is 0 Å². The number of benzene rings is 1. The van der Waals surface area contributed by atoms with Gasteiger partial charge in [-0.2, -0.15) is 26.3 Å². The van der Waals surface area contributed by atoms with Gasteiger partial charge in [-0.05, 0) is 32.4 Å². The van der Waals surface area contributed by atoms with Crippen molar-refractivity contribution in [1.82, 2.24) is 4.72 Å². The van der Waals surface area contributed by atoms with E-state index in [9.17, 15) is 34.8 Å². The minimum Gasteiger partial charge on any atom is -0.484 e. The van der Waals surface area contributed by atoms with E-state index in [2.05, 4.69) is 14.2 Å². The summed E-state index contributed by atoms with van der Waals surface area (Å²) in [5.74, 6) is -1.17. The maximum Gasteiger partial charge on any atom is 0.422 e. The van der Waals surface area contributed by atoms with Crippen LogP contribution in [0.1, 0.15) is 20.3 Å². The molecule has 29 heavy (non-hydrogen) atoms. The summed E-state index contributed by atoms with van der Waals surface area (Å²) in [5, 5.41) is 0. The lowest BCUT2D eigenvalue weighted by atomic mass is 10.3. The molecule has 1 N–H and O–H groups in total. The molecule has 1 aromatic rings. The Bertz CT molecular complexity index is 749. The van der Waals surface area contributed by atoms with Crippen molar-refractivity contribution in [3.63, 3.8) is 0 Å². The standard InChI is InChI=1S/C16H21F6NO5S/c1-11(2)26-7-3-6-23-29(24,25)14-8-12(27-9-15(17,18)19)4-5-13(14)28-10-16(20,21)22/h4-5,8,11,23H,3,6-7,9-10H2,1-2H3. The molecule has 1 aromatic carbocycles. The van der Waals surface area contributed by atoms with E-state index in [1.54, 1.807) is 13.8 Å². The molecule has 0 aliphatic rings. The molecule has 0 atom stereocenters. The summed E-state index contributed by atoms with van der Waals surface area (Å²) in [5.41, 5.74) is 0. The van der Waals surface area contributed by atoms with Crippen LogP contribution in [-0.2, 0) is 14.8 Å². The number of ether oxygens (including phenoxy) is 3. The Morgan fingerprint density at radius 1 is 1.00 bits per heavy atom. The van der Waals surface area contributed by atoms with Gasteiger partial charge in [-0.15, -0.1) is 0 Å². The van der Waals surface area contributed by atoms with Crippen molar-refractivity contribution in [3.8, 4) is 11.5 Å². The summed E-state index contributed by atoms with van der Waals surface area (Å²) < 4.78 is 115. The highest BCUT2D eigenvalue weighted by atomic mass is 32.2. The molecule has 0 bridgehead atoms. The predicted octanol–water partition coefficient (Wildman–Crippen LogP) is 3.66. The van der Waals surface area contributed by atoms with Crippen molar-refractivity contribution in [2.24, 2.45) is 0 Å². The maximum atomic E-state index is 12.4. The van der Waals surface area contributed by atoms with E-state index >= 15 is 0 Å². The second-order valence-electron chi connectivity index (χ2n) is 6.09. The minimum atomic E-state index is -4.74. The summed E-state index contributed by atoms with van der Waals surface area (Å²) in [4.78, 5) is -0.772. The quantitative estimate of drug-likeness (QED) is 0.409. The first kappa shape index (κ1) is 25.3. The van der Waals surface area contributed by atoms with Gasteiger partial charge in [0.15, 0.2) is 13.2 Å². The van der Waals surface area contributed by atoms with Crippen LogP contribution in [0, 0.1) is 0 Å². The molecule has 0 saturated carbocycles. The third-order valence-corrected chi connectivity index (χ3v) is 4.55. The molecule has 0 aliphatic heterocycles. The molecule has 13 heteroatoms. The highest BCUT2D eigenvalue weighted by Gasteiger charge is 2.31. The molecule has 6 nitrogen and oxygen atoms in total. The van der Waals surface area contributed by atoms with Gasteiger partial charge < -0.3 is 14.2 Å². The molecule has 168 valence electrons. The predicted molar refractivity (Wildman–Crippen MR) is 90.4 cm³/mol. The molecule has 0 saturated heterocycles. The molecule has 1 rings (SSSR count). The highest BCUT2D eigenvalue weighted by molar-refractivity contribution is 7.89. The SMILES string of the molecule is CC(C)OCCCNS(=O)(=O)c1cc(OCC(F)(F)F)ccc1OCC(F)(F)F. The third kappa shape index (κ3) is 10.6. The van der Waals surface area contributed by atoms with Crippen LogP contribution < -0.4 is 14.2 Å². The fourth-order valence-electron chi connectivity index (χ4n) is 1.91. The zero-order chi connectivity index (χ0) is 22.3. The van der Waals surface area contributed by atoms with Crippen LogP contribution in [-0.4, -0.2) is 53.2 Å². The van der Waals surface area contributed by atoms with Crippen LogP contribution in [0.15, 0.2) is 23.1 Å². The average molecular weight is 453 g/mol. The molecule has 0 heterocycles. The van der Waals surface area contributed by atoms with Crippen molar-refractivity contribution < 1.29 is 49.0 Å². The first-order valence-corrected chi connectivity index (χ1v) is 9.82. The van der Waals surface area contributed by atoms with Gasteiger partial charge in [0.05, 0.1) is 6.10 Å². The van der Waals surface area contributed by atoms with Gasteiger partial charge in [0.25, 0.3) is 0 Å². The van der Waals surface area contributed by atoms with Gasteiger partial charge in [0.2, 0.25) is 10.0 Å². The van der Waals surface area contributed by atoms with Crippen LogP contribution in [0.4, 0.5) is 26.3 Å². The summed E-state index contributed by atoms with van der Waals surface area (Å²) in [6.45, 7) is 0.200. The van der Waals surface area contributed by atoms with Gasteiger partial charge in [-0.1, -0.05) is 0 Å². The van der Waals surface area contributed by atoms with Crippen LogP contribution in [0.3, 0.4) is 0 Å². The topological polar surface area (TPSA) is 73.9 Å². The molecule has 0 fully saturated rings. The number of hydrogen-bond donors (Lipinski definition) is 1. The molecule has 0 amide bonds. The fraction of sp³-hybridized carbons (Fsp3) is 0.625. The Kier molecular flexibility index (Phi) is 9.03. The zero-order valence-corrected chi connectivity index (χ0v) is 16.4. The summed E-state index contributed by atoms with van der Waals surface area (Å²) in [6, 6.07) is 2.35. The van der Waals surface area contributed by atoms with Crippen LogP contribution >= 0.6 is 0 Å². The number of rotatable bonds is 11. The fourth-order valence-corrected chi connectivity index (χ4v) is 3.14. The molecule has 0 radical (unpaired) electrons. The minimum absolute atomic E-state index is 0.0727. The Hall–Kier alpha value is -1.73. The van der Waals surface area contributed by atoms with E-state index in [1.807, 2.05) is 0 Å². The lowest BCUT2D eigenvalue weighted by molar-refractivity contribution is -0.154. The van der Waals surface area contributed by atoms with Crippen molar-refractivity contribution in [2.45, 2.75) is 43.6 Å². The van der Waals surface area contributed by atoms with Crippen molar-refractivity contribution in [1.29, 1.82) is 0 Å². The van der Waals surface area contributed by atoms with Gasteiger partial charge in [-0.3, -0.25) is 0 Å². The molecule has 0 unspecified atom stereocenters. The highest BCUT2D eigenvalue weighted by Crippen LogP contribution is 2.30. The Morgan fingerprint density at radius 3 is 2.14 bits per heavy atom. The Morgan fingerprint density at radius 2 is 1.59 bits per heavy atom. The lowest BCUT2D eigenvalue weighted by Crippen LogP contribution is -2.27. The smallest absolute Gasteiger partial charge is 0.422 e. The Balaban J connectivity index is 2.99. The average Bonchev–Trinajstić information content (AvgIpc) is 2.56. The summed E-state index contributed by atoms with van der Waals surface area (Å²) in [6.07, 6.45) is -9.23. The van der Waals surface area contributed by atoms with E-state index in [4.69, 9.17) is 4.74 Å². The van der Waals surface area contributed by atoms with E-state index < -0.39 is 52.0 Å². The molecule has 0 spiro atoms. The third-order valence-electron chi connectivity index (χ3n) is 3.06.